The predicted molar refractivity (Wildman–Crippen MR) is 334 cm³/mol. The van der Waals surface area contributed by atoms with E-state index in [0.717, 1.165) is 6.42 Å². The van der Waals surface area contributed by atoms with Crippen LogP contribution in [0.4, 0.5) is 0 Å². The third kappa shape index (κ3) is 49.6. The van der Waals surface area contributed by atoms with Crippen molar-refractivity contribution in [3.8, 4) is 0 Å². The Morgan fingerprint density at radius 2 is 0.408 bits per heavy atom. The Morgan fingerprint density at radius 3 is 0.592 bits per heavy atom. The Bertz CT molecular complexity index is 1080. The molecule has 0 unspecified atom stereocenters. The summed E-state index contributed by atoms with van der Waals surface area (Å²) in [7, 11) is 0. The molecule has 0 aliphatic heterocycles. The number of benzene rings is 1. The summed E-state index contributed by atoms with van der Waals surface area (Å²) in [6, 6.07) is 5.07. The quantitative estimate of drug-likeness (QED) is 0.0471. The molecule has 419 valence electrons. The molecule has 0 saturated carbocycles. The zero-order valence-corrected chi connectivity index (χ0v) is 51.5. The lowest BCUT2D eigenvalue weighted by atomic mass is 10.0. The molecule has 0 aliphatic carbocycles. The summed E-state index contributed by atoms with van der Waals surface area (Å²) in [5.74, 6) is 3.83. The van der Waals surface area contributed by atoms with E-state index in [1.165, 1.54) is 370 Å². The molecule has 0 N–H and O–H groups in total. The monoisotopic (exact) mass is 1040 g/mol. The number of hydrogen-bond acceptors (Lipinski definition) is 3. The van der Waals surface area contributed by atoms with Gasteiger partial charge in [-0.05, 0) is 67.6 Å². The topological polar surface area (TPSA) is 0 Å². The van der Waals surface area contributed by atoms with Crippen LogP contribution >= 0.6 is 35.3 Å². The highest BCUT2D eigenvalue weighted by Gasteiger charge is 2.13. The van der Waals surface area contributed by atoms with E-state index >= 15 is 0 Å². The Kier molecular flexibility index (Phi) is 58.1. The third-order valence-electron chi connectivity index (χ3n) is 15.6. The Morgan fingerprint density at radius 1 is 0.239 bits per heavy atom. The first-order valence-corrected chi connectivity index (χ1v) is 36.1. The molecular weight excluding hydrogens is 913 g/mol. The molecule has 0 amide bonds. The Balaban J connectivity index is 2.38. The average Bonchev–Trinajstić information content (AvgIpc) is 3.38. The van der Waals surface area contributed by atoms with E-state index in [0.29, 0.717) is 0 Å². The minimum atomic E-state index is 0.906. The maximum atomic E-state index is 4.37. The van der Waals surface area contributed by atoms with Gasteiger partial charge in [-0.1, -0.05) is 348 Å². The van der Waals surface area contributed by atoms with Crippen LogP contribution in [0, 0.1) is 6.92 Å². The van der Waals surface area contributed by atoms with Crippen LogP contribution in [-0.4, -0.2) is 17.3 Å². The molecule has 1 radical (unpaired) electrons. The Hall–Kier alpha value is 0.270. The zero-order valence-electron chi connectivity index (χ0n) is 49.1. The molecule has 0 saturated heterocycles. The Labute approximate surface area is 462 Å². The van der Waals surface area contributed by atoms with Crippen molar-refractivity contribution in [2.45, 2.75) is 389 Å². The second-order valence-electron chi connectivity index (χ2n) is 22.7. The molecule has 71 heavy (non-hydrogen) atoms. The highest BCUT2D eigenvalue weighted by atomic mass is 32.2. The standard InChI is InChI=1S/C68H129S3/c1-5-9-12-15-18-21-24-27-30-33-36-39-42-45-48-51-54-57-60-69-66-63-65(8-4)64-67(70-61-58-55-52-49-46-43-40-37-34-31-28-25-22-19-16-13-10-6-2)68(66)71-62-59-56-53-50-47-44-41-38-35-32-29-26-23-20-17-14-11-7-3/h63-64H,4-62H2,1-3H3. The molecular formula is C68H129S3. The van der Waals surface area contributed by atoms with Gasteiger partial charge >= 0.3 is 0 Å². The molecule has 1 aromatic rings. The lowest BCUT2D eigenvalue weighted by Gasteiger charge is -2.16. The number of thioether (sulfide) groups is 3. The minimum absolute atomic E-state index is 0.906. The van der Waals surface area contributed by atoms with Gasteiger partial charge in [0.1, 0.15) is 0 Å². The number of rotatable bonds is 61. The van der Waals surface area contributed by atoms with Crippen molar-refractivity contribution >= 4 is 35.3 Å². The summed E-state index contributed by atoms with van der Waals surface area (Å²) >= 11 is 6.55. The van der Waals surface area contributed by atoms with Gasteiger partial charge < -0.3 is 0 Å². The van der Waals surface area contributed by atoms with E-state index in [-0.39, 0.29) is 0 Å². The van der Waals surface area contributed by atoms with Crippen molar-refractivity contribution in [1.82, 2.24) is 0 Å². The molecule has 0 aliphatic rings. The van der Waals surface area contributed by atoms with Crippen LogP contribution in [-0.2, 0) is 6.42 Å². The van der Waals surface area contributed by atoms with E-state index in [2.05, 4.69) is 75.1 Å². The summed E-state index contributed by atoms with van der Waals surface area (Å²) in [6.07, 6.45) is 79.2. The smallest absolute Gasteiger partial charge is 0.0344 e. The maximum absolute atomic E-state index is 4.37. The molecule has 1 aromatic carbocycles. The third-order valence-corrected chi connectivity index (χ3v) is 19.4. The van der Waals surface area contributed by atoms with Gasteiger partial charge in [-0.15, -0.1) is 35.3 Å². The summed E-state index contributed by atoms with van der Waals surface area (Å²) in [6.45, 7) is 11.3. The summed E-state index contributed by atoms with van der Waals surface area (Å²) in [5.41, 5.74) is 1.45. The minimum Gasteiger partial charge on any atom is -0.125 e. The maximum Gasteiger partial charge on any atom is 0.0344 e. The molecule has 0 spiro atoms. The molecule has 0 heterocycles. The molecule has 3 heteroatoms. The van der Waals surface area contributed by atoms with Crippen molar-refractivity contribution in [1.29, 1.82) is 0 Å². The molecule has 0 atom stereocenters. The average molecular weight is 1040 g/mol. The van der Waals surface area contributed by atoms with Gasteiger partial charge in [0.05, 0.1) is 0 Å². The number of unbranched alkanes of at least 4 members (excludes halogenated alkanes) is 51. The second kappa shape index (κ2) is 59.5. The lowest BCUT2D eigenvalue weighted by Crippen LogP contribution is -1.94. The summed E-state index contributed by atoms with van der Waals surface area (Å²) in [4.78, 5) is 4.77. The SMILES string of the molecule is [CH2]Cc1cc(SCCCCCCCCCCCCCCCCCCCC)c(SCCCCCCCCCCCCCCCCCCCC)c(SCCCCCCCCCCCCCCCCCCCC)c1. The molecule has 0 nitrogen and oxygen atoms in total. The van der Waals surface area contributed by atoms with Crippen LogP contribution in [0.15, 0.2) is 26.8 Å². The van der Waals surface area contributed by atoms with Gasteiger partial charge in [0, 0.05) is 14.7 Å². The van der Waals surface area contributed by atoms with Crippen molar-refractivity contribution in [3.63, 3.8) is 0 Å². The van der Waals surface area contributed by atoms with Gasteiger partial charge in [0.15, 0.2) is 0 Å². The molecule has 0 aromatic heterocycles. The van der Waals surface area contributed by atoms with E-state index in [1.807, 2.05) is 0 Å². The van der Waals surface area contributed by atoms with Crippen molar-refractivity contribution in [2.24, 2.45) is 0 Å². The van der Waals surface area contributed by atoms with Gasteiger partial charge in [-0.2, -0.15) is 0 Å². The van der Waals surface area contributed by atoms with Crippen LogP contribution in [0.25, 0.3) is 0 Å². The second-order valence-corrected chi connectivity index (χ2v) is 26.1. The van der Waals surface area contributed by atoms with Crippen LogP contribution in [0.3, 0.4) is 0 Å². The fourth-order valence-corrected chi connectivity index (χ4v) is 14.5. The van der Waals surface area contributed by atoms with Crippen molar-refractivity contribution in [3.05, 3.63) is 24.6 Å². The highest BCUT2D eigenvalue weighted by Crippen LogP contribution is 2.41. The van der Waals surface area contributed by atoms with Crippen LogP contribution in [0.2, 0.25) is 0 Å². The van der Waals surface area contributed by atoms with Gasteiger partial charge in [-0.3, -0.25) is 0 Å². The summed E-state index contributed by atoms with van der Waals surface area (Å²) < 4.78 is 0. The molecule has 0 fully saturated rings. The van der Waals surface area contributed by atoms with E-state index in [4.69, 9.17) is 0 Å². The van der Waals surface area contributed by atoms with Crippen molar-refractivity contribution < 1.29 is 0 Å². The van der Waals surface area contributed by atoms with Crippen LogP contribution < -0.4 is 0 Å². The van der Waals surface area contributed by atoms with Gasteiger partial charge in [0.2, 0.25) is 0 Å². The lowest BCUT2D eigenvalue weighted by molar-refractivity contribution is 0.526. The number of hydrogen-bond donors (Lipinski definition) is 0. The highest BCUT2D eigenvalue weighted by molar-refractivity contribution is 8.03. The van der Waals surface area contributed by atoms with Crippen LogP contribution in [0.5, 0.6) is 0 Å². The fourth-order valence-electron chi connectivity index (χ4n) is 10.7. The van der Waals surface area contributed by atoms with Crippen molar-refractivity contribution in [2.75, 3.05) is 17.3 Å². The van der Waals surface area contributed by atoms with Crippen LogP contribution in [0.1, 0.15) is 373 Å². The van der Waals surface area contributed by atoms with Gasteiger partial charge in [-0.25, -0.2) is 0 Å². The van der Waals surface area contributed by atoms with E-state index in [1.54, 1.807) is 14.7 Å². The fraction of sp³-hybridized carbons (Fsp3) is 0.897. The molecule has 1 rings (SSSR count). The largest absolute Gasteiger partial charge is 0.125 e. The normalized spacial score (nSPS) is 11.7. The first-order chi connectivity index (χ1) is 35.3. The zero-order chi connectivity index (χ0) is 50.9. The summed E-state index contributed by atoms with van der Waals surface area (Å²) in [5, 5.41) is 0. The predicted octanol–water partition coefficient (Wildman–Crippen LogP) is 26.5. The first kappa shape index (κ1) is 69.3. The van der Waals surface area contributed by atoms with Gasteiger partial charge in [0.25, 0.3) is 0 Å². The first-order valence-electron chi connectivity index (χ1n) is 33.1. The van der Waals surface area contributed by atoms with E-state index < -0.39 is 0 Å². The van der Waals surface area contributed by atoms with E-state index in [9.17, 15) is 0 Å². The molecule has 0 bridgehead atoms.